The molecular weight excluding hydrogens is 570 g/mol. The Morgan fingerprint density at radius 3 is 2.08 bits per heavy atom. The molecule has 2 aliphatic heterocycles. The van der Waals surface area contributed by atoms with Crippen LogP contribution in [0.25, 0.3) is 0 Å². The van der Waals surface area contributed by atoms with Crippen LogP contribution in [0.2, 0.25) is 10.0 Å². The third-order valence-corrected chi connectivity index (χ3v) is 8.60. The Balaban J connectivity index is 1.22. The van der Waals surface area contributed by atoms with Gasteiger partial charge in [-0.1, -0.05) is 23.2 Å². The monoisotopic (exact) mass is 595 g/mol. The predicted molar refractivity (Wildman–Crippen MR) is 135 cm³/mol. The zero-order chi connectivity index (χ0) is 27.5. The largest absolute Gasteiger partial charge is 0.573 e. The first-order valence-electron chi connectivity index (χ1n) is 11.9. The van der Waals surface area contributed by atoms with Crippen molar-refractivity contribution in [3.05, 3.63) is 52.5 Å². The minimum absolute atomic E-state index is 0.0636. The molecular formula is C24H26Cl2F3N3O5S. The van der Waals surface area contributed by atoms with Crippen molar-refractivity contribution in [2.75, 3.05) is 26.2 Å². The van der Waals surface area contributed by atoms with Crippen molar-refractivity contribution >= 4 is 39.3 Å². The van der Waals surface area contributed by atoms with Gasteiger partial charge in [0.25, 0.3) is 10.0 Å². The Kier molecular flexibility index (Phi) is 8.85. The van der Waals surface area contributed by atoms with Crippen LogP contribution in [0.4, 0.5) is 18.0 Å². The summed E-state index contributed by atoms with van der Waals surface area (Å²) in [4.78, 5) is 16.0. The summed E-state index contributed by atoms with van der Waals surface area (Å²) >= 11 is 12.0. The first-order chi connectivity index (χ1) is 17.9. The van der Waals surface area contributed by atoms with Crippen molar-refractivity contribution in [1.82, 2.24) is 14.5 Å². The number of amides is 2. The normalized spacial score (nSPS) is 18.3. The quantitative estimate of drug-likeness (QED) is 0.488. The first-order valence-corrected chi connectivity index (χ1v) is 14.2. The number of carbonyl (C=O) groups is 1. The highest BCUT2D eigenvalue weighted by Gasteiger charge is 2.33. The molecule has 0 unspecified atom stereocenters. The number of hydrogen-bond donors (Lipinski definition) is 1. The van der Waals surface area contributed by atoms with Crippen molar-refractivity contribution in [2.45, 2.75) is 49.1 Å². The molecule has 2 fully saturated rings. The molecule has 0 radical (unpaired) electrons. The molecule has 0 aromatic heterocycles. The lowest BCUT2D eigenvalue weighted by atomic mass is 9.99. The van der Waals surface area contributed by atoms with E-state index in [1.54, 1.807) is 18.2 Å². The molecule has 0 spiro atoms. The van der Waals surface area contributed by atoms with E-state index in [-0.39, 0.29) is 17.0 Å². The molecule has 2 aromatic carbocycles. The van der Waals surface area contributed by atoms with Crippen LogP contribution in [0.1, 0.15) is 25.7 Å². The number of sulfonamides is 1. The number of alkyl halides is 3. The lowest BCUT2D eigenvalue weighted by molar-refractivity contribution is -0.274. The van der Waals surface area contributed by atoms with Gasteiger partial charge in [-0.25, -0.2) is 17.9 Å². The number of urea groups is 1. The molecule has 2 aliphatic rings. The number of halogens is 5. The summed E-state index contributed by atoms with van der Waals surface area (Å²) in [7, 11) is -4.26. The second-order valence-corrected chi connectivity index (χ2v) is 11.6. The molecule has 2 saturated heterocycles. The predicted octanol–water partition coefficient (Wildman–Crippen LogP) is 5.30. The maximum Gasteiger partial charge on any atom is 0.573 e. The third-order valence-electron chi connectivity index (χ3n) is 6.53. The second-order valence-electron chi connectivity index (χ2n) is 9.08. The highest BCUT2D eigenvalue weighted by atomic mass is 35.5. The third kappa shape index (κ3) is 7.58. The van der Waals surface area contributed by atoms with Gasteiger partial charge in [-0.15, -0.1) is 13.2 Å². The molecule has 0 aliphatic carbocycles. The number of hydrogen-bond acceptors (Lipinski definition) is 6. The highest BCUT2D eigenvalue weighted by molar-refractivity contribution is 7.90. The van der Waals surface area contributed by atoms with Gasteiger partial charge < -0.3 is 14.4 Å². The second kappa shape index (κ2) is 11.8. The van der Waals surface area contributed by atoms with E-state index >= 15 is 0 Å². The summed E-state index contributed by atoms with van der Waals surface area (Å²) in [5.74, 6) is 0.118. The van der Waals surface area contributed by atoms with Crippen LogP contribution >= 0.6 is 23.2 Å². The van der Waals surface area contributed by atoms with Crippen LogP contribution in [-0.4, -0.2) is 68.9 Å². The zero-order valence-corrected chi connectivity index (χ0v) is 22.4. The molecule has 4 rings (SSSR count). The molecule has 8 nitrogen and oxygen atoms in total. The number of likely N-dealkylation sites (tertiary alicyclic amines) is 2. The smallest absolute Gasteiger partial charge is 0.490 e. The standard InChI is InChI=1S/C24H26Cl2F3N3O5S/c25-21-6-3-19(15-22(21)26)36-17-9-13-31(14-10-17)16-7-11-32(12-8-16)23(33)30-38(34,35)20-4-1-18(2-5-20)37-24(27,28)29/h1-6,15-17H,7-14H2,(H,30,33). The number of carbonyl (C=O) groups excluding carboxylic acids is 1. The van der Waals surface area contributed by atoms with Crippen LogP contribution in [0.3, 0.4) is 0 Å². The van der Waals surface area contributed by atoms with Gasteiger partial charge in [0, 0.05) is 38.3 Å². The van der Waals surface area contributed by atoms with E-state index in [1.165, 1.54) is 4.90 Å². The van der Waals surface area contributed by atoms with Crippen molar-refractivity contribution < 1.29 is 35.9 Å². The summed E-state index contributed by atoms with van der Waals surface area (Å²) in [6.07, 6.45) is -1.77. The lowest BCUT2D eigenvalue weighted by Crippen LogP contribution is -2.52. The van der Waals surface area contributed by atoms with E-state index < -0.39 is 28.2 Å². The average molecular weight is 596 g/mol. The molecule has 38 heavy (non-hydrogen) atoms. The van der Waals surface area contributed by atoms with Gasteiger partial charge >= 0.3 is 12.4 Å². The Labute approximate surface area is 228 Å². The minimum Gasteiger partial charge on any atom is -0.490 e. The van der Waals surface area contributed by atoms with E-state index in [9.17, 15) is 26.4 Å². The first kappa shape index (κ1) is 28.6. The zero-order valence-electron chi connectivity index (χ0n) is 20.1. The van der Waals surface area contributed by atoms with Crippen LogP contribution in [0.5, 0.6) is 11.5 Å². The molecule has 0 saturated carbocycles. The highest BCUT2D eigenvalue weighted by Crippen LogP contribution is 2.29. The fraction of sp³-hybridized carbons (Fsp3) is 0.458. The summed E-state index contributed by atoms with van der Waals surface area (Å²) in [5, 5.41) is 0.915. The van der Waals surface area contributed by atoms with E-state index in [1.807, 2.05) is 4.72 Å². The Hall–Kier alpha value is -2.41. The van der Waals surface area contributed by atoms with Gasteiger partial charge in [0.05, 0.1) is 14.9 Å². The van der Waals surface area contributed by atoms with Crippen molar-refractivity contribution in [3.63, 3.8) is 0 Å². The molecule has 0 bridgehead atoms. The number of ether oxygens (including phenoxy) is 2. The van der Waals surface area contributed by atoms with E-state index in [0.29, 0.717) is 41.7 Å². The van der Waals surface area contributed by atoms with Gasteiger partial charge in [0.15, 0.2) is 0 Å². The van der Waals surface area contributed by atoms with Crippen LogP contribution in [0.15, 0.2) is 47.4 Å². The topological polar surface area (TPSA) is 88.2 Å². The number of nitrogens with one attached hydrogen (secondary N) is 1. The molecule has 2 heterocycles. The summed E-state index contributed by atoms with van der Waals surface area (Å²) in [6, 6.07) is 8.32. The van der Waals surface area contributed by atoms with Gasteiger partial charge in [-0.2, -0.15) is 0 Å². The lowest BCUT2D eigenvalue weighted by Gasteiger charge is -2.41. The van der Waals surface area contributed by atoms with E-state index in [2.05, 4.69) is 9.64 Å². The Bertz CT molecular complexity index is 1230. The number of rotatable bonds is 6. The maximum absolute atomic E-state index is 12.6. The molecule has 0 atom stereocenters. The fourth-order valence-electron chi connectivity index (χ4n) is 4.59. The van der Waals surface area contributed by atoms with Crippen molar-refractivity contribution in [3.8, 4) is 11.5 Å². The van der Waals surface area contributed by atoms with Gasteiger partial charge in [-0.3, -0.25) is 4.90 Å². The van der Waals surface area contributed by atoms with Gasteiger partial charge in [-0.05, 0) is 62.1 Å². The van der Waals surface area contributed by atoms with E-state index in [4.69, 9.17) is 27.9 Å². The Morgan fingerprint density at radius 2 is 1.50 bits per heavy atom. The van der Waals surface area contributed by atoms with Crippen LogP contribution < -0.4 is 14.2 Å². The minimum atomic E-state index is -4.89. The van der Waals surface area contributed by atoms with Crippen molar-refractivity contribution in [1.29, 1.82) is 0 Å². The SMILES string of the molecule is O=C(NS(=O)(=O)c1ccc(OC(F)(F)F)cc1)N1CCC(N2CCC(Oc3ccc(Cl)c(Cl)c3)CC2)CC1. The van der Waals surface area contributed by atoms with Crippen LogP contribution in [0, 0.1) is 0 Å². The summed E-state index contributed by atoms with van der Waals surface area (Å²) in [5.41, 5.74) is 0. The molecule has 2 aromatic rings. The molecule has 208 valence electrons. The van der Waals surface area contributed by atoms with Gasteiger partial charge in [0.2, 0.25) is 0 Å². The number of benzene rings is 2. The van der Waals surface area contributed by atoms with Crippen LogP contribution in [-0.2, 0) is 10.0 Å². The van der Waals surface area contributed by atoms with Crippen molar-refractivity contribution in [2.24, 2.45) is 0 Å². The fourth-order valence-corrected chi connectivity index (χ4v) is 5.85. The molecule has 14 heteroatoms. The van der Waals surface area contributed by atoms with E-state index in [0.717, 1.165) is 50.2 Å². The molecule has 2 amide bonds. The Morgan fingerprint density at radius 1 is 0.895 bits per heavy atom. The maximum atomic E-state index is 12.6. The summed E-state index contributed by atoms with van der Waals surface area (Å²) < 4.78 is 73.7. The summed E-state index contributed by atoms with van der Waals surface area (Å²) in [6.45, 7) is 2.44. The number of piperidine rings is 2. The number of nitrogens with zero attached hydrogens (tertiary/aromatic N) is 2. The molecule has 1 N–H and O–H groups in total. The average Bonchev–Trinajstić information content (AvgIpc) is 2.86. The van der Waals surface area contributed by atoms with Gasteiger partial charge in [0.1, 0.15) is 17.6 Å².